The second kappa shape index (κ2) is 7.95. The molecule has 1 amide bonds. The average molecular weight is 515 g/mol. The molecule has 0 saturated heterocycles. The van der Waals surface area contributed by atoms with E-state index in [1.807, 2.05) is 31.2 Å². The van der Waals surface area contributed by atoms with Crippen LogP contribution in [0.25, 0.3) is 0 Å². The number of thiazole rings is 1. The van der Waals surface area contributed by atoms with E-state index in [0.29, 0.717) is 20.9 Å². The van der Waals surface area contributed by atoms with E-state index in [9.17, 15) is 9.90 Å². The molecule has 2 aliphatic heterocycles. The number of amides is 1. The van der Waals surface area contributed by atoms with Gasteiger partial charge in [0, 0.05) is 0 Å². The van der Waals surface area contributed by atoms with Crippen LogP contribution in [0, 0.1) is 24.2 Å². The van der Waals surface area contributed by atoms with Gasteiger partial charge in [-0.1, -0.05) is 52.4 Å². The predicted molar refractivity (Wildman–Crippen MR) is 129 cm³/mol. The van der Waals surface area contributed by atoms with Gasteiger partial charge in [0.1, 0.15) is 22.4 Å². The molecule has 34 heavy (non-hydrogen) atoms. The minimum Gasteiger partial charge on any atom is -0.444 e. The van der Waals surface area contributed by atoms with Crippen molar-refractivity contribution in [1.82, 2.24) is 10.1 Å². The Kier molecular flexibility index (Phi) is 5.00. The van der Waals surface area contributed by atoms with Crippen molar-refractivity contribution in [2.24, 2.45) is 10.4 Å². The van der Waals surface area contributed by atoms with Gasteiger partial charge in [0.05, 0.1) is 16.2 Å². The van der Waals surface area contributed by atoms with Gasteiger partial charge in [-0.05, 0) is 42.7 Å². The van der Waals surface area contributed by atoms with Gasteiger partial charge in [-0.15, -0.1) is 0 Å². The highest BCUT2D eigenvalue weighted by Crippen LogP contribution is 2.64. The summed E-state index contributed by atoms with van der Waals surface area (Å²) in [5.74, 6) is 6.05. The highest BCUT2D eigenvalue weighted by atomic mass is 35.5. The van der Waals surface area contributed by atoms with Crippen LogP contribution in [0.15, 0.2) is 33.8 Å². The van der Waals surface area contributed by atoms with Crippen molar-refractivity contribution >= 4 is 60.6 Å². The SMILES string of the molecule is Cc1ccccc1COC(=O)Nc1c(Cl)noc1C#Cc1nc2c(s1)N=C1S(=C(O)C13CC3)O2. The minimum absolute atomic E-state index is 0.0520. The van der Waals surface area contributed by atoms with Crippen molar-refractivity contribution in [3.05, 3.63) is 51.3 Å². The Balaban J connectivity index is 1.17. The first kappa shape index (κ1) is 21.4. The number of ether oxygens (including phenoxy) is 1. The molecule has 2 N–H and O–H groups in total. The van der Waals surface area contributed by atoms with E-state index in [2.05, 4.69) is 32.3 Å². The van der Waals surface area contributed by atoms with Gasteiger partial charge < -0.3 is 18.5 Å². The highest BCUT2D eigenvalue weighted by molar-refractivity contribution is 8.27. The fourth-order valence-electron chi connectivity index (χ4n) is 3.55. The van der Waals surface area contributed by atoms with Gasteiger partial charge >= 0.3 is 6.09 Å². The molecule has 1 aromatic carbocycles. The number of nitrogens with zero attached hydrogens (tertiary/aromatic N) is 3. The highest BCUT2D eigenvalue weighted by Gasteiger charge is 2.62. The molecule has 3 aromatic rings. The van der Waals surface area contributed by atoms with Gasteiger partial charge in [-0.2, -0.15) is 4.98 Å². The smallest absolute Gasteiger partial charge is 0.412 e. The van der Waals surface area contributed by atoms with Crippen LogP contribution >= 0.6 is 33.7 Å². The van der Waals surface area contributed by atoms with Gasteiger partial charge in [-0.25, -0.2) is 9.79 Å². The van der Waals surface area contributed by atoms with Crippen LogP contribution in [0.1, 0.15) is 34.7 Å². The summed E-state index contributed by atoms with van der Waals surface area (Å²) in [4.78, 5) is 21.3. The first-order chi connectivity index (χ1) is 16.4. The van der Waals surface area contributed by atoms with Crippen LogP contribution < -0.4 is 9.50 Å². The number of rotatable bonds is 3. The molecule has 3 aliphatic rings. The van der Waals surface area contributed by atoms with Crippen LogP contribution in [-0.4, -0.2) is 31.4 Å². The molecular weight excluding hydrogens is 500 g/mol. The number of aliphatic imine (C=N–C) groups is 1. The van der Waals surface area contributed by atoms with Crippen LogP contribution in [-0.2, 0) is 11.3 Å². The molecular formula is C22H15ClN4O5S2. The lowest BCUT2D eigenvalue weighted by molar-refractivity contribution is 0.155. The van der Waals surface area contributed by atoms with Crippen molar-refractivity contribution < 1.29 is 23.3 Å². The van der Waals surface area contributed by atoms with E-state index in [-0.39, 0.29) is 28.6 Å². The van der Waals surface area contributed by atoms with E-state index in [0.717, 1.165) is 29.0 Å². The molecule has 1 spiro atoms. The Bertz CT molecular complexity index is 1490. The number of aliphatic hydroxyl groups excluding tert-OH is 1. The fraction of sp³-hybridized carbons (Fsp3) is 0.227. The van der Waals surface area contributed by atoms with Gasteiger partial charge in [0.15, 0.2) is 15.2 Å². The van der Waals surface area contributed by atoms with E-state index < -0.39 is 16.9 Å². The summed E-state index contributed by atoms with van der Waals surface area (Å²) in [6, 6.07) is 7.60. The zero-order valence-electron chi connectivity index (χ0n) is 17.5. The Labute approximate surface area is 204 Å². The summed E-state index contributed by atoms with van der Waals surface area (Å²) in [5, 5.41) is 18.7. The van der Waals surface area contributed by atoms with Gasteiger partial charge in [0.25, 0.3) is 5.88 Å². The Morgan fingerprint density at radius 3 is 3.00 bits per heavy atom. The standard InChI is InChI=1S/C22H15ClN4O5S2/c1-11-4-2-3-5-12(11)10-30-21(29)25-15-13(31-27-16(15)23)6-7-14-24-17-18(33-14)26-19-22(8-9-22)20(28)34(19)32-17/h2-5,28H,8-10H2,1H3,(H,25,29). The summed E-state index contributed by atoms with van der Waals surface area (Å²) in [6.45, 7) is 2.04. The van der Waals surface area contributed by atoms with E-state index in [4.69, 9.17) is 25.0 Å². The predicted octanol–water partition coefficient (Wildman–Crippen LogP) is 5.33. The third-order valence-electron chi connectivity index (χ3n) is 5.65. The number of fused-ring (bicyclic) bond motifs is 3. The summed E-state index contributed by atoms with van der Waals surface area (Å²) in [5.41, 5.74) is 1.75. The van der Waals surface area contributed by atoms with E-state index in [1.54, 1.807) is 0 Å². The number of aryl methyl sites for hydroxylation is 1. The maximum absolute atomic E-state index is 12.3. The maximum Gasteiger partial charge on any atom is 0.412 e. The van der Waals surface area contributed by atoms with Crippen molar-refractivity contribution in [1.29, 1.82) is 0 Å². The molecule has 1 atom stereocenters. The molecule has 6 rings (SSSR count). The lowest BCUT2D eigenvalue weighted by Crippen LogP contribution is -2.38. The summed E-state index contributed by atoms with van der Waals surface area (Å²) in [7, 11) is -0.808. The summed E-state index contributed by atoms with van der Waals surface area (Å²) >= 11 is 7.33. The number of aliphatic hydroxyl groups is 1. The maximum atomic E-state index is 12.3. The fourth-order valence-corrected chi connectivity index (χ4v) is 6.50. The lowest BCUT2D eigenvalue weighted by Gasteiger charge is -2.33. The molecule has 12 heteroatoms. The van der Waals surface area contributed by atoms with E-state index >= 15 is 0 Å². The number of benzene rings is 1. The van der Waals surface area contributed by atoms with Gasteiger partial charge in [-0.3, -0.25) is 5.32 Å². The number of hydrogen-bond acceptors (Lipinski definition) is 8. The minimum atomic E-state index is -0.808. The number of carbonyl (C=O) groups is 1. The molecule has 0 radical (unpaired) electrons. The third kappa shape index (κ3) is 3.50. The topological polar surface area (TPSA) is 119 Å². The molecule has 9 nitrogen and oxygen atoms in total. The number of hydrogen-bond donors (Lipinski definition) is 2. The van der Waals surface area contributed by atoms with Crippen molar-refractivity contribution in [3.63, 3.8) is 0 Å². The van der Waals surface area contributed by atoms with Crippen molar-refractivity contribution in [3.8, 4) is 17.7 Å². The number of anilines is 1. The largest absolute Gasteiger partial charge is 0.444 e. The van der Waals surface area contributed by atoms with Crippen LogP contribution in [0.5, 0.6) is 5.88 Å². The molecule has 4 heterocycles. The zero-order valence-corrected chi connectivity index (χ0v) is 19.9. The summed E-state index contributed by atoms with van der Waals surface area (Å²) in [6.07, 6.45) is 1.09. The number of nitrogens with one attached hydrogen (secondary N) is 1. The molecule has 1 saturated carbocycles. The first-order valence-corrected chi connectivity index (χ1v) is 12.5. The van der Waals surface area contributed by atoms with Crippen molar-refractivity contribution in [2.75, 3.05) is 5.32 Å². The van der Waals surface area contributed by atoms with E-state index in [1.165, 1.54) is 11.3 Å². The second-order valence-electron chi connectivity index (χ2n) is 7.84. The molecule has 1 aliphatic carbocycles. The first-order valence-electron chi connectivity index (χ1n) is 10.2. The number of aromatic nitrogens is 2. The zero-order chi connectivity index (χ0) is 23.4. The molecule has 2 aromatic heterocycles. The Hall–Kier alpha value is -3.17. The van der Waals surface area contributed by atoms with Crippen molar-refractivity contribution in [2.45, 2.75) is 26.4 Å². The normalized spacial score (nSPS) is 18.5. The monoisotopic (exact) mass is 514 g/mol. The quantitative estimate of drug-likeness (QED) is 0.358. The summed E-state index contributed by atoms with van der Waals surface area (Å²) < 4.78 is 16.2. The third-order valence-corrected chi connectivity index (χ3v) is 8.65. The van der Waals surface area contributed by atoms with Gasteiger partial charge in [0.2, 0.25) is 5.76 Å². The number of halogens is 1. The molecule has 172 valence electrons. The molecule has 0 bridgehead atoms. The van der Waals surface area contributed by atoms with Crippen LogP contribution in [0.3, 0.4) is 0 Å². The lowest BCUT2D eigenvalue weighted by atomic mass is 10.1. The Morgan fingerprint density at radius 2 is 2.21 bits per heavy atom. The number of carbonyl (C=O) groups excluding carboxylic acids is 1. The van der Waals surface area contributed by atoms with Crippen LogP contribution in [0.2, 0.25) is 5.15 Å². The molecule has 1 unspecified atom stereocenters. The second-order valence-corrected chi connectivity index (χ2v) is 10.7. The average Bonchev–Trinajstić information content (AvgIpc) is 3.48. The van der Waals surface area contributed by atoms with Crippen LogP contribution in [0.4, 0.5) is 15.5 Å². The molecule has 1 fully saturated rings. The Morgan fingerprint density at radius 1 is 1.38 bits per heavy atom.